The molecule has 0 amide bonds. The predicted octanol–water partition coefficient (Wildman–Crippen LogP) is 0.499. The van der Waals surface area contributed by atoms with Crippen LogP contribution in [-0.2, 0) is 9.53 Å². The fourth-order valence-electron chi connectivity index (χ4n) is 0.931. The van der Waals surface area contributed by atoms with Crippen LogP contribution < -0.4 is 5.32 Å². The highest BCUT2D eigenvalue weighted by Gasteiger charge is 2.17. The minimum absolute atomic E-state index is 0. The van der Waals surface area contributed by atoms with Crippen LogP contribution in [0.1, 0.15) is 6.42 Å². The van der Waals surface area contributed by atoms with Crippen LogP contribution in [0.5, 0.6) is 0 Å². The minimum atomic E-state index is -0.177. The summed E-state index contributed by atoms with van der Waals surface area (Å²) in [5, 5.41) is 3.01. The van der Waals surface area contributed by atoms with E-state index in [0.29, 0.717) is 0 Å². The molecule has 0 aromatic carbocycles. The maximum atomic E-state index is 10.8. The summed E-state index contributed by atoms with van der Waals surface area (Å²) in [6.45, 7) is 0.764. The summed E-state index contributed by atoms with van der Waals surface area (Å²) in [5.74, 6) is -0.177. The van der Waals surface area contributed by atoms with E-state index in [-0.39, 0.29) is 24.4 Å². The molecular weight excluding hydrogens is 166 g/mol. The average molecular weight is 178 g/mol. The van der Waals surface area contributed by atoms with Gasteiger partial charge in [-0.1, -0.05) is 12.2 Å². The maximum absolute atomic E-state index is 10.8. The summed E-state index contributed by atoms with van der Waals surface area (Å²) in [7, 11) is 1.41. The van der Waals surface area contributed by atoms with Gasteiger partial charge in [-0.25, -0.2) is 0 Å². The largest absolute Gasteiger partial charge is 0.468 e. The molecule has 0 aromatic rings. The van der Waals surface area contributed by atoms with Crippen LogP contribution in [0.3, 0.4) is 0 Å². The Bertz CT molecular complexity index is 159. The Kier molecular flexibility index (Phi) is 4.90. The smallest absolute Gasteiger partial charge is 0.323 e. The van der Waals surface area contributed by atoms with Crippen molar-refractivity contribution in [2.75, 3.05) is 13.7 Å². The van der Waals surface area contributed by atoms with Crippen molar-refractivity contribution in [3.8, 4) is 0 Å². The molecule has 11 heavy (non-hydrogen) atoms. The standard InChI is InChI=1S/C7H11NO2.ClH/c1-10-7(9)6-4-2-3-5-8-6;/h2-3,6,8H,4-5H2,1H3;1H. The first-order chi connectivity index (χ1) is 4.84. The zero-order chi connectivity index (χ0) is 7.40. The lowest BCUT2D eigenvalue weighted by Gasteiger charge is -2.16. The van der Waals surface area contributed by atoms with Gasteiger partial charge in [0.15, 0.2) is 0 Å². The molecule has 0 saturated carbocycles. The lowest BCUT2D eigenvalue weighted by Crippen LogP contribution is -2.39. The summed E-state index contributed by atoms with van der Waals surface area (Å²) in [6, 6.07) is -0.130. The van der Waals surface area contributed by atoms with Crippen molar-refractivity contribution in [2.24, 2.45) is 0 Å². The van der Waals surface area contributed by atoms with Gasteiger partial charge in [-0.3, -0.25) is 4.79 Å². The van der Waals surface area contributed by atoms with Gasteiger partial charge in [-0.05, 0) is 6.42 Å². The molecule has 0 saturated heterocycles. The third-order valence-electron chi connectivity index (χ3n) is 1.51. The zero-order valence-corrected chi connectivity index (χ0v) is 7.19. The van der Waals surface area contributed by atoms with Gasteiger partial charge in [0, 0.05) is 6.54 Å². The number of rotatable bonds is 1. The third-order valence-corrected chi connectivity index (χ3v) is 1.51. The highest BCUT2D eigenvalue weighted by molar-refractivity contribution is 5.85. The summed E-state index contributed by atoms with van der Waals surface area (Å²) in [5.41, 5.74) is 0. The van der Waals surface area contributed by atoms with Gasteiger partial charge in [0.25, 0.3) is 0 Å². The Morgan fingerprint density at radius 3 is 2.82 bits per heavy atom. The van der Waals surface area contributed by atoms with E-state index in [1.165, 1.54) is 7.11 Å². The molecule has 0 aliphatic carbocycles. The lowest BCUT2D eigenvalue weighted by atomic mass is 10.1. The van der Waals surface area contributed by atoms with E-state index in [1.54, 1.807) is 0 Å². The molecule has 1 N–H and O–H groups in total. The van der Waals surface area contributed by atoms with E-state index in [1.807, 2.05) is 12.2 Å². The van der Waals surface area contributed by atoms with E-state index in [9.17, 15) is 4.79 Å². The summed E-state index contributed by atoms with van der Waals surface area (Å²) in [6.07, 6.45) is 4.73. The number of hydrogen-bond donors (Lipinski definition) is 1. The fraction of sp³-hybridized carbons (Fsp3) is 0.571. The van der Waals surface area contributed by atoms with Crippen molar-refractivity contribution < 1.29 is 9.53 Å². The van der Waals surface area contributed by atoms with Gasteiger partial charge >= 0.3 is 5.97 Å². The fourth-order valence-corrected chi connectivity index (χ4v) is 0.931. The molecule has 0 aromatic heterocycles. The molecule has 1 aliphatic rings. The van der Waals surface area contributed by atoms with Gasteiger partial charge in [-0.2, -0.15) is 0 Å². The van der Waals surface area contributed by atoms with E-state index in [4.69, 9.17) is 0 Å². The highest BCUT2D eigenvalue weighted by Crippen LogP contribution is 2.00. The quantitative estimate of drug-likeness (QED) is 0.468. The van der Waals surface area contributed by atoms with E-state index in [2.05, 4.69) is 10.1 Å². The van der Waals surface area contributed by atoms with Gasteiger partial charge in [-0.15, -0.1) is 12.4 Å². The second-order valence-corrected chi connectivity index (χ2v) is 2.19. The normalized spacial score (nSPS) is 22.1. The second-order valence-electron chi connectivity index (χ2n) is 2.19. The highest BCUT2D eigenvalue weighted by atomic mass is 35.5. The molecule has 3 nitrogen and oxygen atoms in total. The number of esters is 1. The number of methoxy groups -OCH3 is 1. The minimum Gasteiger partial charge on any atom is -0.468 e. The molecular formula is C7H12ClNO2. The van der Waals surface area contributed by atoms with Crippen LogP contribution in [0.15, 0.2) is 12.2 Å². The molecule has 1 unspecified atom stereocenters. The Morgan fingerprint density at radius 1 is 1.64 bits per heavy atom. The number of nitrogens with one attached hydrogen (secondary N) is 1. The third kappa shape index (κ3) is 2.91. The first kappa shape index (κ1) is 10.5. The predicted molar refractivity (Wildman–Crippen MR) is 44.8 cm³/mol. The zero-order valence-electron chi connectivity index (χ0n) is 6.37. The number of ether oxygens (including phenoxy) is 1. The first-order valence-corrected chi connectivity index (χ1v) is 3.31. The van der Waals surface area contributed by atoms with Crippen molar-refractivity contribution in [3.05, 3.63) is 12.2 Å². The Hall–Kier alpha value is -0.540. The van der Waals surface area contributed by atoms with Crippen molar-refractivity contribution in [1.29, 1.82) is 0 Å². The average Bonchev–Trinajstić information content (AvgIpc) is 2.05. The Balaban J connectivity index is 0.000001000. The molecule has 1 heterocycles. The molecule has 4 heteroatoms. The molecule has 1 rings (SSSR count). The summed E-state index contributed by atoms with van der Waals surface area (Å²) < 4.78 is 4.55. The monoisotopic (exact) mass is 177 g/mol. The van der Waals surface area contributed by atoms with Crippen LogP contribution in [0, 0.1) is 0 Å². The topological polar surface area (TPSA) is 38.3 Å². The number of hydrogen-bond acceptors (Lipinski definition) is 3. The Morgan fingerprint density at radius 2 is 2.36 bits per heavy atom. The van der Waals surface area contributed by atoms with Gasteiger partial charge in [0.1, 0.15) is 6.04 Å². The van der Waals surface area contributed by atoms with Crippen molar-refractivity contribution in [3.63, 3.8) is 0 Å². The SMILES string of the molecule is COC(=O)C1CC=CCN1.Cl. The maximum Gasteiger partial charge on any atom is 0.323 e. The van der Waals surface area contributed by atoms with Gasteiger partial charge in [0.2, 0.25) is 0 Å². The number of carbonyl (C=O) groups excluding carboxylic acids is 1. The van der Waals surface area contributed by atoms with Crippen molar-refractivity contribution >= 4 is 18.4 Å². The number of carbonyl (C=O) groups is 1. The molecule has 0 bridgehead atoms. The molecule has 64 valence electrons. The molecule has 1 atom stereocenters. The molecule has 1 aliphatic heterocycles. The van der Waals surface area contributed by atoms with Gasteiger partial charge in [0.05, 0.1) is 7.11 Å². The van der Waals surface area contributed by atoms with E-state index >= 15 is 0 Å². The van der Waals surface area contributed by atoms with Crippen molar-refractivity contribution in [2.45, 2.75) is 12.5 Å². The van der Waals surface area contributed by atoms with Crippen LogP contribution in [-0.4, -0.2) is 25.7 Å². The molecule has 0 fully saturated rings. The Labute approximate surface area is 72.2 Å². The van der Waals surface area contributed by atoms with E-state index < -0.39 is 0 Å². The summed E-state index contributed by atoms with van der Waals surface area (Å²) >= 11 is 0. The van der Waals surface area contributed by atoms with Crippen LogP contribution in [0.25, 0.3) is 0 Å². The van der Waals surface area contributed by atoms with Crippen LogP contribution in [0.4, 0.5) is 0 Å². The molecule has 0 radical (unpaired) electrons. The second kappa shape index (κ2) is 5.16. The summed E-state index contributed by atoms with van der Waals surface area (Å²) in [4.78, 5) is 10.8. The molecule has 0 spiro atoms. The van der Waals surface area contributed by atoms with Crippen LogP contribution >= 0.6 is 12.4 Å². The first-order valence-electron chi connectivity index (χ1n) is 3.31. The number of halogens is 1. The van der Waals surface area contributed by atoms with Gasteiger partial charge < -0.3 is 10.1 Å². The van der Waals surface area contributed by atoms with Crippen LogP contribution in [0.2, 0.25) is 0 Å². The van der Waals surface area contributed by atoms with Crippen molar-refractivity contribution in [1.82, 2.24) is 5.32 Å². The lowest BCUT2D eigenvalue weighted by molar-refractivity contribution is -0.143. The van der Waals surface area contributed by atoms with E-state index in [0.717, 1.165) is 13.0 Å².